The molecule has 0 aliphatic carbocycles. The number of rotatable bonds is 6. The van der Waals surface area contributed by atoms with Gasteiger partial charge in [-0.25, -0.2) is 0 Å². The van der Waals surface area contributed by atoms with Gasteiger partial charge in [0.1, 0.15) is 18.3 Å². The van der Waals surface area contributed by atoms with Gasteiger partial charge in [0, 0.05) is 7.11 Å². The van der Waals surface area contributed by atoms with Crippen molar-refractivity contribution >= 4 is 5.91 Å². The van der Waals surface area contributed by atoms with Crippen LogP contribution in [0.1, 0.15) is 5.76 Å². The summed E-state index contributed by atoms with van der Waals surface area (Å²) in [7, 11) is 1.31. The lowest BCUT2D eigenvalue weighted by Gasteiger charge is -2.25. The maximum atomic E-state index is 12.4. The normalized spacial score (nSPS) is 13.3. The van der Waals surface area contributed by atoms with Crippen molar-refractivity contribution in [2.75, 3.05) is 20.3 Å². The van der Waals surface area contributed by atoms with E-state index in [1.165, 1.54) is 25.5 Å². The third-order valence-corrected chi connectivity index (χ3v) is 2.27. The number of hydrogen-bond acceptors (Lipinski definition) is 4. The van der Waals surface area contributed by atoms with E-state index >= 15 is 0 Å². The minimum Gasteiger partial charge on any atom is -0.467 e. The summed E-state index contributed by atoms with van der Waals surface area (Å²) < 4.78 is 46.9. The number of nitrogens with zero attached hydrogens (tertiary/aromatic N) is 1. The number of alkyl halides is 3. The van der Waals surface area contributed by atoms with Gasteiger partial charge in [-0.1, -0.05) is 0 Å². The minimum absolute atomic E-state index is 0.147. The Morgan fingerprint density at radius 1 is 1.58 bits per heavy atom. The molecule has 1 rings (SSSR count). The summed E-state index contributed by atoms with van der Waals surface area (Å²) >= 11 is 0. The molecular formula is C11H15F3N2O3. The lowest BCUT2D eigenvalue weighted by Crippen LogP contribution is -2.48. The fraction of sp³-hybridized carbons (Fsp3) is 0.545. The van der Waals surface area contributed by atoms with Crippen molar-refractivity contribution < 1.29 is 27.1 Å². The van der Waals surface area contributed by atoms with Crippen LogP contribution in [0.25, 0.3) is 0 Å². The molecule has 0 saturated carbocycles. The highest BCUT2D eigenvalue weighted by Crippen LogP contribution is 2.19. The summed E-state index contributed by atoms with van der Waals surface area (Å²) in [5.41, 5.74) is 5.46. The highest BCUT2D eigenvalue weighted by Gasteiger charge is 2.35. The van der Waals surface area contributed by atoms with Gasteiger partial charge in [0.25, 0.3) is 0 Å². The van der Waals surface area contributed by atoms with Crippen LogP contribution in [-0.2, 0) is 16.1 Å². The second-order valence-electron chi connectivity index (χ2n) is 3.95. The summed E-state index contributed by atoms with van der Waals surface area (Å²) in [5.74, 6) is -0.585. The third-order valence-electron chi connectivity index (χ3n) is 2.27. The molecule has 5 nitrogen and oxygen atoms in total. The van der Waals surface area contributed by atoms with Crippen LogP contribution in [0.5, 0.6) is 0 Å². The summed E-state index contributed by atoms with van der Waals surface area (Å²) in [4.78, 5) is 12.4. The van der Waals surface area contributed by atoms with Crippen LogP contribution in [0.3, 0.4) is 0 Å². The van der Waals surface area contributed by atoms with Gasteiger partial charge >= 0.3 is 6.18 Å². The molecule has 8 heteroatoms. The predicted octanol–water partition coefficient (Wildman–Crippen LogP) is 1.14. The van der Waals surface area contributed by atoms with Crippen molar-refractivity contribution in [2.45, 2.75) is 18.8 Å². The highest BCUT2D eigenvalue weighted by atomic mass is 19.4. The first-order valence-electron chi connectivity index (χ1n) is 5.46. The summed E-state index contributed by atoms with van der Waals surface area (Å²) in [6.45, 7) is -1.82. The fourth-order valence-corrected chi connectivity index (χ4v) is 1.50. The van der Waals surface area contributed by atoms with Gasteiger partial charge in [0.15, 0.2) is 0 Å². The Bertz CT molecular complexity index is 392. The van der Waals surface area contributed by atoms with Crippen molar-refractivity contribution in [1.82, 2.24) is 4.90 Å². The quantitative estimate of drug-likeness (QED) is 0.848. The zero-order valence-electron chi connectivity index (χ0n) is 10.3. The molecule has 2 N–H and O–H groups in total. The maximum absolute atomic E-state index is 12.4. The van der Waals surface area contributed by atoms with Crippen molar-refractivity contribution in [2.24, 2.45) is 5.73 Å². The van der Waals surface area contributed by atoms with E-state index in [4.69, 9.17) is 10.2 Å². The monoisotopic (exact) mass is 280 g/mol. The molecule has 108 valence electrons. The zero-order chi connectivity index (χ0) is 14.5. The van der Waals surface area contributed by atoms with Crippen LogP contribution >= 0.6 is 0 Å². The number of methoxy groups -OCH3 is 1. The van der Waals surface area contributed by atoms with E-state index in [1.54, 1.807) is 0 Å². The molecule has 19 heavy (non-hydrogen) atoms. The van der Waals surface area contributed by atoms with Gasteiger partial charge in [-0.3, -0.25) is 4.79 Å². The van der Waals surface area contributed by atoms with E-state index < -0.39 is 24.7 Å². The van der Waals surface area contributed by atoms with Crippen LogP contribution in [0.15, 0.2) is 22.8 Å². The van der Waals surface area contributed by atoms with Gasteiger partial charge < -0.3 is 19.8 Å². The van der Waals surface area contributed by atoms with Gasteiger partial charge in [-0.2, -0.15) is 13.2 Å². The molecule has 1 amide bonds. The van der Waals surface area contributed by atoms with Crippen LogP contribution in [0.4, 0.5) is 13.2 Å². The molecule has 1 unspecified atom stereocenters. The van der Waals surface area contributed by atoms with Gasteiger partial charge in [0.2, 0.25) is 5.91 Å². The summed E-state index contributed by atoms with van der Waals surface area (Å²) in [6, 6.07) is 1.88. The standard InChI is InChI=1S/C11H15F3N2O3/c1-18-6-9(15)10(17)16(7-11(12,13)14)5-8-3-2-4-19-8/h2-4,9H,5-7,15H2,1H3. The molecule has 0 aliphatic rings. The van der Waals surface area contributed by atoms with Gasteiger partial charge in [0.05, 0.1) is 19.4 Å². The Balaban J connectivity index is 2.76. The molecule has 0 radical (unpaired) electrons. The number of carbonyl (C=O) groups is 1. The summed E-state index contributed by atoms with van der Waals surface area (Å²) in [5, 5.41) is 0. The van der Waals surface area contributed by atoms with Crippen LogP contribution in [0, 0.1) is 0 Å². The van der Waals surface area contributed by atoms with E-state index in [9.17, 15) is 18.0 Å². The first kappa shape index (κ1) is 15.5. The molecule has 1 heterocycles. The minimum atomic E-state index is -4.50. The molecule has 1 aromatic rings. The highest BCUT2D eigenvalue weighted by molar-refractivity contribution is 5.81. The Kier molecular flexibility index (Phi) is 5.37. The fourth-order valence-electron chi connectivity index (χ4n) is 1.50. The van der Waals surface area contributed by atoms with E-state index in [0.29, 0.717) is 4.90 Å². The lowest BCUT2D eigenvalue weighted by molar-refractivity contribution is -0.164. The number of nitrogens with two attached hydrogens (primary N) is 1. The van der Waals surface area contributed by atoms with Crippen LogP contribution < -0.4 is 5.73 Å². The average Bonchev–Trinajstić information content (AvgIpc) is 2.78. The Hall–Kier alpha value is -1.54. The Morgan fingerprint density at radius 3 is 2.74 bits per heavy atom. The average molecular weight is 280 g/mol. The van der Waals surface area contributed by atoms with Crippen LogP contribution in [0.2, 0.25) is 0 Å². The molecule has 0 fully saturated rings. The van der Waals surface area contributed by atoms with E-state index in [-0.39, 0.29) is 18.9 Å². The second kappa shape index (κ2) is 6.58. The largest absolute Gasteiger partial charge is 0.467 e. The molecule has 0 aliphatic heterocycles. The number of carbonyl (C=O) groups excluding carboxylic acids is 1. The number of furan rings is 1. The zero-order valence-corrected chi connectivity index (χ0v) is 10.3. The van der Waals surface area contributed by atoms with E-state index in [2.05, 4.69) is 4.74 Å². The van der Waals surface area contributed by atoms with Crippen molar-refractivity contribution in [3.05, 3.63) is 24.2 Å². The molecule has 0 aromatic carbocycles. The lowest BCUT2D eigenvalue weighted by atomic mass is 10.2. The van der Waals surface area contributed by atoms with Crippen molar-refractivity contribution in [1.29, 1.82) is 0 Å². The smallest absolute Gasteiger partial charge is 0.406 e. The Morgan fingerprint density at radius 2 is 2.26 bits per heavy atom. The van der Waals surface area contributed by atoms with Gasteiger partial charge in [-0.15, -0.1) is 0 Å². The summed E-state index contributed by atoms with van der Waals surface area (Å²) in [6.07, 6.45) is -3.18. The second-order valence-corrected chi connectivity index (χ2v) is 3.95. The number of halogens is 3. The first-order chi connectivity index (χ1) is 8.83. The molecule has 0 saturated heterocycles. The molecule has 1 aromatic heterocycles. The molecule has 0 bridgehead atoms. The third kappa shape index (κ3) is 5.31. The van der Waals surface area contributed by atoms with Gasteiger partial charge in [-0.05, 0) is 12.1 Å². The van der Waals surface area contributed by atoms with Crippen molar-refractivity contribution in [3.63, 3.8) is 0 Å². The topological polar surface area (TPSA) is 68.7 Å². The van der Waals surface area contributed by atoms with E-state index in [0.717, 1.165) is 0 Å². The number of ether oxygens (including phenoxy) is 1. The molecule has 1 atom stereocenters. The maximum Gasteiger partial charge on any atom is 0.406 e. The Labute approximate surface area is 108 Å². The molecular weight excluding hydrogens is 265 g/mol. The van der Waals surface area contributed by atoms with Crippen molar-refractivity contribution in [3.8, 4) is 0 Å². The number of hydrogen-bond donors (Lipinski definition) is 1. The number of amides is 1. The predicted molar refractivity (Wildman–Crippen MR) is 60.0 cm³/mol. The molecule has 0 spiro atoms. The van der Waals surface area contributed by atoms with Crippen LogP contribution in [-0.4, -0.2) is 43.3 Å². The first-order valence-corrected chi connectivity index (χ1v) is 5.46. The van der Waals surface area contributed by atoms with E-state index in [1.807, 2.05) is 0 Å². The SMILES string of the molecule is COCC(N)C(=O)N(Cc1ccco1)CC(F)(F)F.